The molecule has 6 heteroatoms. The van der Waals surface area contributed by atoms with Crippen LogP contribution in [0.2, 0.25) is 0 Å². The fourth-order valence-electron chi connectivity index (χ4n) is 1.14. The zero-order valence-electron chi connectivity index (χ0n) is 8.90. The van der Waals surface area contributed by atoms with Crippen LogP contribution >= 0.6 is 11.3 Å². The lowest BCUT2D eigenvalue weighted by atomic mass is 10.2. The van der Waals surface area contributed by atoms with Gasteiger partial charge in [0, 0.05) is 17.8 Å². The second kappa shape index (κ2) is 6.12. The van der Waals surface area contributed by atoms with Crippen LogP contribution in [0.1, 0.15) is 19.8 Å². The number of urea groups is 1. The van der Waals surface area contributed by atoms with Crippen LogP contribution in [0.4, 0.5) is 10.5 Å². The van der Waals surface area contributed by atoms with Crippen molar-refractivity contribution in [1.82, 2.24) is 5.32 Å². The van der Waals surface area contributed by atoms with Gasteiger partial charge in [0.15, 0.2) is 0 Å². The largest absolute Gasteiger partial charge is 0.481 e. The molecule has 1 unspecified atom stereocenters. The van der Waals surface area contributed by atoms with Crippen molar-refractivity contribution in [2.75, 3.05) is 5.32 Å². The molecule has 1 aromatic rings. The Morgan fingerprint density at radius 2 is 2.31 bits per heavy atom. The zero-order chi connectivity index (χ0) is 12.0. The highest BCUT2D eigenvalue weighted by atomic mass is 32.1. The summed E-state index contributed by atoms with van der Waals surface area (Å²) in [5.41, 5.74) is 0.743. The molecule has 0 bridgehead atoms. The molecule has 0 aromatic carbocycles. The normalized spacial score (nSPS) is 11.8. The van der Waals surface area contributed by atoms with Crippen LogP contribution in [0.3, 0.4) is 0 Å². The highest BCUT2D eigenvalue weighted by molar-refractivity contribution is 7.08. The summed E-state index contributed by atoms with van der Waals surface area (Å²) >= 11 is 1.49. The minimum atomic E-state index is -0.855. The van der Waals surface area contributed by atoms with Gasteiger partial charge in [-0.1, -0.05) is 0 Å². The molecule has 0 aliphatic heterocycles. The predicted molar refractivity (Wildman–Crippen MR) is 62.8 cm³/mol. The van der Waals surface area contributed by atoms with E-state index in [-0.39, 0.29) is 18.5 Å². The highest BCUT2D eigenvalue weighted by Gasteiger charge is 2.09. The van der Waals surface area contributed by atoms with Crippen LogP contribution in [-0.4, -0.2) is 23.1 Å². The molecule has 3 N–H and O–H groups in total. The van der Waals surface area contributed by atoms with Gasteiger partial charge in [0.25, 0.3) is 0 Å². The van der Waals surface area contributed by atoms with E-state index in [1.807, 2.05) is 10.8 Å². The number of carboxylic acid groups (broad SMARTS) is 1. The first-order chi connectivity index (χ1) is 7.58. The maximum atomic E-state index is 11.4. The van der Waals surface area contributed by atoms with E-state index in [0.29, 0.717) is 6.42 Å². The van der Waals surface area contributed by atoms with Crippen molar-refractivity contribution < 1.29 is 14.7 Å². The van der Waals surface area contributed by atoms with Crippen molar-refractivity contribution in [2.45, 2.75) is 25.8 Å². The molecule has 0 fully saturated rings. The fourth-order valence-corrected chi connectivity index (χ4v) is 1.73. The van der Waals surface area contributed by atoms with Gasteiger partial charge in [-0.3, -0.25) is 4.79 Å². The summed E-state index contributed by atoms with van der Waals surface area (Å²) in [6.07, 6.45) is 0.478. The molecule has 88 valence electrons. The molecule has 1 rings (SSSR count). The average Bonchev–Trinajstić information content (AvgIpc) is 2.67. The van der Waals surface area contributed by atoms with E-state index in [2.05, 4.69) is 10.6 Å². The fraction of sp³-hybridized carbons (Fsp3) is 0.400. The van der Waals surface area contributed by atoms with Gasteiger partial charge >= 0.3 is 12.0 Å². The van der Waals surface area contributed by atoms with E-state index >= 15 is 0 Å². The Morgan fingerprint density at radius 1 is 1.56 bits per heavy atom. The van der Waals surface area contributed by atoms with Crippen molar-refractivity contribution in [2.24, 2.45) is 0 Å². The Hall–Kier alpha value is -1.56. The number of nitrogens with one attached hydrogen (secondary N) is 2. The minimum absolute atomic E-state index is 0.0555. The summed E-state index contributed by atoms with van der Waals surface area (Å²) < 4.78 is 0. The summed E-state index contributed by atoms with van der Waals surface area (Å²) in [6, 6.07) is 1.33. The molecule has 2 amide bonds. The van der Waals surface area contributed by atoms with Gasteiger partial charge in [-0.05, 0) is 24.8 Å². The maximum absolute atomic E-state index is 11.4. The first-order valence-electron chi connectivity index (χ1n) is 4.89. The van der Waals surface area contributed by atoms with E-state index in [4.69, 9.17) is 5.11 Å². The number of thiophene rings is 1. The number of rotatable bonds is 5. The van der Waals surface area contributed by atoms with Gasteiger partial charge in [0.1, 0.15) is 0 Å². The molecular formula is C10H14N2O3S. The molecule has 0 aliphatic carbocycles. The lowest BCUT2D eigenvalue weighted by Gasteiger charge is -2.12. The number of anilines is 1. The first kappa shape index (κ1) is 12.5. The first-order valence-corrected chi connectivity index (χ1v) is 5.83. The number of carbonyl (C=O) groups is 2. The third-order valence-corrected chi connectivity index (χ3v) is 2.63. The van der Waals surface area contributed by atoms with E-state index in [1.165, 1.54) is 11.3 Å². The molecule has 16 heavy (non-hydrogen) atoms. The van der Waals surface area contributed by atoms with E-state index < -0.39 is 5.97 Å². The second-order valence-corrected chi connectivity index (χ2v) is 4.22. The van der Waals surface area contributed by atoms with E-state index in [1.54, 1.807) is 13.0 Å². The van der Waals surface area contributed by atoms with Crippen LogP contribution in [-0.2, 0) is 4.79 Å². The van der Waals surface area contributed by atoms with Crippen molar-refractivity contribution in [3.05, 3.63) is 16.8 Å². The van der Waals surface area contributed by atoms with Crippen molar-refractivity contribution in [3.8, 4) is 0 Å². The Bertz CT molecular complexity index is 351. The summed E-state index contributed by atoms with van der Waals surface area (Å²) in [4.78, 5) is 21.7. The number of carboxylic acids is 1. The van der Waals surface area contributed by atoms with Crippen molar-refractivity contribution in [3.63, 3.8) is 0 Å². The molecule has 5 nitrogen and oxygen atoms in total. The molecule has 0 spiro atoms. The molecule has 0 saturated carbocycles. The topological polar surface area (TPSA) is 78.4 Å². The van der Waals surface area contributed by atoms with Gasteiger partial charge in [0.2, 0.25) is 0 Å². The van der Waals surface area contributed by atoms with Gasteiger partial charge in [-0.15, -0.1) is 0 Å². The molecule has 1 atom stereocenters. The standard InChI is InChI=1S/C10H14N2O3S/c1-7(2-3-9(13)14)11-10(15)12-8-4-5-16-6-8/h4-7H,2-3H2,1H3,(H,13,14)(H2,11,12,15). The van der Waals surface area contributed by atoms with Crippen LogP contribution in [0.25, 0.3) is 0 Å². The molecule has 1 heterocycles. The lowest BCUT2D eigenvalue weighted by molar-refractivity contribution is -0.137. The number of hydrogen-bond donors (Lipinski definition) is 3. The molecule has 0 radical (unpaired) electrons. The van der Waals surface area contributed by atoms with E-state index in [0.717, 1.165) is 5.69 Å². The zero-order valence-corrected chi connectivity index (χ0v) is 9.71. The van der Waals surface area contributed by atoms with Crippen molar-refractivity contribution >= 4 is 29.0 Å². The van der Waals surface area contributed by atoms with Gasteiger partial charge < -0.3 is 15.7 Å². The number of amides is 2. The summed E-state index contributed by atoms with van der Waals surface area (Å²) in [5, 5.41) is 17.5. The average molecular weight is 242 g/mol. The third-order valence-electron chi connectivity index (χ3n) is 1.95. The van der Waals surface area contributed by atoms with Crippen LogP contribution in [0, 0.1) is 0 Å². The molecular weight excluding hydrogens is 228 g/mol. The smallest absolute Gasteiger partial charge is 0.319 e. The summed E-state index contributed by atoms with van der Waals surface area (Å²) in [7, 11) is 0. The van der Waals surface area contributed by atoms with Crippen LogP contribution < -0.4 is 10.6 Å². The van der Waals surface area contributed by atoms with Gasteiger partial charge in [-0.2, -0.15) is 11.3 Å². The van der Waals surface area contributed by atoms with E-state index in [9.17, 15) is 9.59 Å². The summed E-state index contributed by atoms with van der Waals surface area (Å²) in [5.74, 6) is -0.855. The monoisotopic (exact) mass is 242 g/mol. The van der Waals surface area contributed by atoms with Crippen LogP contribution in [0.5, 0.6) is 0 Å². The molecule has 0 saturated heterocycles. The van der Waals surface area contributed by atoms with Gasteiger partial charge in [-0.25, -0.2) is 4.79 Å². The highest BCUT2D eigenvalue weighted by Crippen LogP contribution is 2.11. The Kier molecular flexibility index (Phi) is 4.78. The third kappa shape index (κ3) is 4.79. The number of carbonyl (C=O) groups excluding carboxylic acids is 1. The Morgan fingerprint density at radius 3 is 2.88 bits per heavy atom. The Balaban J connectivity index is 2.25. The Labute approximate surface area is 97.5 Å². The quantitative estimate of drug-likeness (QED) is 0.740. The molecule has 1 aromatic heterocycles. The predicted octanol–water partition coefficient (Wildman–Crippen LogP) is 2.12. The van der Waals surface area contributed by atoms with Crippen molar-refractivity contribution in [1.29, 1.82) is 0 Å². The SMILES string of the molecule is CC(CCC(=O)O)NC(=O)Nc1ccsc1. The van der Waals surface area contributed by atoms with Gasteiger partial charge in [0.05, 0.1) is 5.69 Å². The lowest BCUT2D eigenvalue weighted by Crippen LogP contribution is -2.36. The molecule has 0 aliphatic rings. The minimum Gasteiger partial charge on any atom is -0.481 e. The maximum Gasteiger partial charge on any atom is 0.319 e. The number of hydrogen-bond acceptors (Lipinski definition) is 3. The van der Waals surface area contributed by atoms with Crippen LogP contribution in [0.15, 0.2) is 16.8 Å². The number of aliphatic carboxylic acids is 1. The summed E-state index contributed by atoms with van der Waals surface area (Å²) in [6.45, 7) is 1.77. The second-order valence-electron chi connectivity index (χ2n) is 3.44.